The molecule has 5 nitrogen and oxygen atoms in total. The molecule has 0 aliphatic carbocycles. The van der Waals surface area contributed by atoms with E-state index in [2.05, 4.69) is 20.5 Å². The summed E-state index contributed by atoms with van der Waals surface area (Å²) in [5, 5.41) is 6.51. The molecule has 1 saturated heterocycles. The third-order valence-corrected chi connectivity index (χ3v) is 3.14. The van der Waals surface area contributed by atoms with Crippen LogP contribution in [0.5, 0.6) is 0 Å². The lowest BCUT2D eigenvalue weighted by molar-refractivity contribution is 0.112. The van der Waals surface area contributed by atoms with Crippen molar-refractivity contribution in [2.75, 3.05) is 46.3 Å². The van der Waals surface area contributed by atoms with Crippen LogP contribution in [0.4, 0.5) is 0 Å². The maximum atomic E-state index is 10.1. The highest BCUT2D eigenvalue weighted by Gasteiger charge is 2.07. The summed E-state index contributed by atoms with van der Waals surface area (Å²) in [7, 11) is 2.01. The van der Waals surface area contributed by atoms with Crippen molar-refractivity contribution in [1.82, 2.24) is 20.5 Å². The van der Waals surface area contributed by atoms with E-state index in [0.717, 1.165) is 18.4 Å². The van der Waals surface area contributed by atoms with Gasteiger partial charge in [-0.15, -0.1) is 0 Å². The molecule has 0 spiro atoms. The molecule has 2 heterocycles. The van der Waals surface area contributed by atoms with Crippen molar-refractivity contribution in [2.24, 2.45) is 0 Å². The highest BCUT2D eigenvalue weighted by Crippen LogP contribution is 1.96. The zero-order valence-electron chi connectivity index (χ0n) is 12.6. The monoisotopic (exact) mass is 278 g/mol. The molecular weight excluding hydrogens is 252 g/mol. The second-order valence-electron chi connectivity index (χ2n) is 4.96. The van der Waals surface area contributed by atoms with E-state index in [1.165, 1.54) is 39.1 Å². The van der Waals surface area contributed by atoms with E-state index in [1.807, 2.05) is 14.0 Å². The van der Waals surface area contributed by atoms with Crippen LogP contribution in [0, 0.1) is 6.92 Å². The molecule has 0 radical (unpaired) electrons. The van der Waals surface area contributed by atoms with Crippen LogP contribution in [0.25, 0.3) is 0 Å². The second kappa shape index (κ2) is 10.5. The molecule has 1 aliphatic rings. The van der Waals surface area contributed by atoms with Crippen LogP contribution >= 0.6 is 0 Å². The van der Waals surface area contributed by atoms with Crippen molar-refractivity contribution in [1.29, 1.82) is 0 Å². The molecule has 0 aromatic carbocycles. The summed E-state index contributed by atoms with van der Waals surface area (Å²) in [6.07, 6.45) is 5.32. The molecule has 0 unspecified atom stereocenters. The molecule has 1 aromatic rings. The van der Waals surface area contributed by atoms with Gasteiger partial charge in [-0.05, 0) is 45.1 Å². The number of hydrogen-bond acceptors (Lipinski definition) is 5. The van der Waals surface area contributed by atoms with Gasteiger partial charge in [0.05, 0.1) is 0 Å². The van der Waals surface area contributed by atoms with Crippen molar-refractivity contribution in [3.8, 4) is 0 Å². The third-order valence-electron chi connectivity index (χ3n) is 3.14. The first-order chi connectivity index (χ1) is 9.76. The normalized spacial score (nSPS) is 15.3. The lowest BCUT2D eigenvalue weighted by atomic mass is 10.2. The van der Waals surface area contributed by atoms with Gasteiger partial charge in [0.25, 0.3) is 0 Å². The summed E-state index contributed by atoms with van der Waals surface area (Å²) < 4.78 is 0. The quantitative estimate of drug-likeness (QED) is 0.613. The van der Waals surface area contributed by atoms with Crippen LogP contribution in [-0.2, 0) is 0 Å². The Morgan fingerprint density at radius 3 is 2.70 bits per heavy atom. The first-order valence-corrected chi connectivity index (χ1v) is 7.20. The van der Waals surface area contributed by atoms with Crippen LogP contribution in [0.2, 0.25) is 0 Å². The molecule has 1 fully saturated rings. The van der Waals surface area contributed by atoms with Gasteiger partial charge in [0.15, 0.2) is 6.29 Å². The summed E-state index contributed by atoms with van der Waals surface area (Å²) in [5.41, 5.74) is 1.65. The van der Waals surface area contributed by atoms with Crippen LogP contribution in [0.15, 0.2) is 18.5 Å². The minimum absolute atomic E-state index is 0.634. The minimum atomic E-state index is 0.634. The average Bonchev–Trinajstić information content (AvgIpc) is 2.49. The summed E-state index contributed by atoms with van der Waals surface area (Å²) in [5.74, 6) is 0. The molecule has 0 atom stereocenters. The van der Waals surface area contributed by atoms with Crippen molar-refractivity contribution in [2.45, 2.75) is 13.3 Å². The van der Waals surface area contributed by atoms with E-state index in [9.17, 15) is 4.79 Å². The molecule has 2 N–H and O–H groups in total. The molecule has 0 amide bonds. The first kappa shape index (κ1) is 16.8. The maximum absolute atomic E-state index is 10.1. The zero-order valence-corrected chi connectivity index (χ0v) is 12.6. The number of hydrogen-bond donors (Lipinski definition) is 2. The standard InChI is InChI=1S/C8H19N3.C7H7NO/c1-9-3-2-6-11-7-4-10-5-8-11;1-6-2-7(5-9)4-8-3-6/h9-10H,2-8H2,1H3;2-5H,1H3. The molecule has 5 heteroatoms. The van der Waals surface area contributed by atoms with E-state index in [0.29, 0.717) is 5.56 Å². The Balaban J connectivity index is 0.000000204. The summed E-state index contributed by atoms with van der Waals surface area (Å²) in [4.78, 5) is 16.5. The molecule has 112 valence electrons. The number of nitrogens with zero attached hydrogens (tertiary/aromatic N) is 2. The number of rotatable bonds is 5. The number of carbonyl (C=O) groups excluding carboxylic acids is 1. The van der Waals surface area contributed by atoms with Crippen molar-refractivity contribution in [3.05, 3.63) is 29.6 Å². The number of piperazine rings is 1. The van der Waals surface area contributed by atoms with Crippen LogP contribution in [0.1, 0.15) is 22.3 Å². The number of carbonyl (C=O) groups is 1. The fraction of sp³-hybridized carbons (Fsp3) is 0.600. The van der Waals surface area contributed by atoms with E-state index >= 15 is 0 Å². The molecule has 20 heavy (non-hydrogen) atoms. The fourth-order valence-corrected chi connectivity index (χ4v) is 2.06. The maximum Gasteiger partial charge on any atom is 0.151 e. The lowest BCUT2D eigenvalue weighted by Crippen LogP contribution is -2.44. The van der Waals surface area contributed by atoms with Crippen molar-refractivity contribution >= 4 is 6.29 Å². The van der Waals surface area contributed by atoms with Gasteiger partial charge in [0, 0.05) is 44.1 Å². The van der Waals surface area contributed by atoms with Gasteiger partial charge in [-0.25, -0.2) is 0 Å². The Labute approximate surface area is 121 Å². The van der Waals surface area contributed by atoms with Gasteiger partial charge in [0.2, 0.25) is 0 Å². The van der Waals surface area contributed by atoms with E-state index < -0.39 is 0 Å². The Kier molecular flexibility index (Phi) is 8.78. The number of aryl methyl sites for hydroxylation is 1. The Morgan fingerprint density at radius 1 is 1.40 bits per heavy atom. The molecule has 2 rings (SSSR count). The average molecular weight is 278 g/mol. The Hall–Kier alpha value is -1.30. The van der Waals surface area contributed by atoms with Gasteiger partial charge in [0.1, 0.15) is 0 Å². The number of aldehydes is 1. The largest absolute Gasteiger partial charge is 0.320 e. The molecule has 0 bridgehead atoms. The molecule has 0 saturated carbocycles. The predicted octanol–water partition coefficient (Wildman–Crippen LogP) is 0.704. The molecule has 1 aromatic heterocycles. The molecule has 1 aliphatic heterocycles. The SMILES string of the molecule is CNCCCN1CCNCC1.Cc1cncc(C=O)c1. The van der Waals surface area contributed by atoms with Crippen LogP contribution in [-0.4, -0.2) is 62.5 Å². The predicted molar refractivity (Wildman–Crippen MR) is 82.2 cm³/mol. The van der Waals surface area contributed by atoms with Gasteiger partial charge in [-0.1, -0.05) is 0 Å². The van der Waals surface area contributed by atoms with Gasteiger partial charge in [-0.2, -0.15) is 0 Å². The smallest absolute Gasteiger partial charge is 0.151 e. The summed E-state index contributed by atoms with van der Waals surface area (Å²) >= 11 is 0. The van der Waals surface area contributed by atoms with E-state index in [-0.39, 0.29) is 0 Å². The topological polar surface area (TPSA) is 57.3 Å². The van der Waals surface area contributed by atoms with Crippen molar-refractivity contribution < 1.29 is 4.79 Å². The van der Waals surface area contributed by atoms with Crippen LogP contribution in [0.3, 0.4) is 0 Å². The third kappa shape index (κ3) is 7.33. The minimum Gasteiger partial charge on any atom is -0.320 e. The van der Waals surface area contributed by atoms with Gasteiger partial charge >= 0.3 is 0 Å². The van der Waals surface area contributed by atoms with E-state index in [4.69, 9.17) is 0 Å². The lowest BCUT2D eigenvalue weighted by Gasteiger charge is -2.26. The van der Waals surface area contributed by atoms with Gasteiger partial charge in [-0.3, -0.25) is 9.78 Å². The Bertz CT molecular complexity index is 378. The first-order valence-electron chi connectivity index (χ1n) is 7.20. The van der Waals surface area contributed by atoms with Gasteiger partial charge < -0.3 is 15.5 Å². The molecular formula is C15H26N4O. The fourth-order valence-electron chi connectivity index (χ4n) is 2.06. The Morgan fingerprint density at radius 2 is 2.15 bits per heavy atom. The summed E-state index contributed by atoms with van der Waals surface area (Å²) in [6, 6.07) is 1.79. The highest BCUT2D eigenvalue weighted by atomic mass is 16.1. The second-order valence-corrected chi connectivity index (χ2v) is 4.96. The summed E-state index contributed by atoms with van der Waals surface area (Å²) in [6.45, 7) is 9.08. The zero-order chi connectivity index (χ0) is 14.6. The van der Waals surface area contributed by atoms with Crippen molar-refractivity contribution in [3.63, 3.8) is 0 Å². The number of pyridine rings is 1. The van der Waals surface area contributed by atoms with E-state index in [1.54, 1.807) is 18.5 Å². The number of nitrogens with one attached hydrogen (secondary N) is 2. The van der Waals surface area contributed by atoms with Crippen LogP contribution < -0.4 is 10.6 Å². The number of aromatic nitrogens is 1. The highest BCUT2D eigenvalue weighted by molar-refractivity contribution is 5.74.